The van der Waals surface area contributed by atoms with Crippen LogP contribution in [0.3, 0.4) is 0 Å². The Hall–Kier alpha value is -2.77. The fourth-order valence-electron chi connectivity index (χ4n) is 3.41. The Morgan fingerprint density at radius 2 is 1.46 bits per heavy atom. The predicted molar refractivity (Wildman–Crippen MR) is 98.4 cm³/mol. The van der Waals surface area contributed by atoms with Crippen molar-refractivity contribution < 1.29 is 4.79 Å². The second kappa shape index (κ2) is 7.23. The normalized spacial score (nSPS) is 17.7. The highest BCUT2D eigenvalue weighted by Crippen LogP contribution is 2.20. The maximum Gasteiger partial charge on any atom is 0.274 e. The molecule has 2 fully saturated rings. The van der Waals surface area contributed by atoms with Gasteiger partial charge in [0.15, 0.2) is 11.6 Å². The van der Waals surface area contributed by atoms with E-state index in [0.29, 0.717) is 18.8 Å². The minimum atomic E-state index is -0.0624. The summed E-state index contributed by atoms with van der Waals surface area (Å²) in [7, 11) is 0. The van der Waals surface area contributed by atoms with Crippen LogP contribution in [0.1, 0.15) is 29.0 Å². The van der Waals surface area contributed by atoms with Gasteiger partial charge >= 0.3 is 0 Å². The molecular weight excluding hydrogens is 330 g/mol. The number of piperazine rings is 1. The number of nitrogens with zero attached hydrogens (tertiary/aromatic N) is 7. The molecule has 0 atom stereocenters. The summed E-state index contributed by atoms with van der Waals surface area (Å²) < 4.78 is 0. The summed E-state index contributed by atoms with van der Waals surface area (Å²) in [5.74, 6) is 1.76. The summed E-state index contributed by atoms with van der Waals surface area (Å²) in [4.78, 5) is 27.1. The van der Waals surface area contributed by atoms with Gasteiger partial charge in [0, 0.05) is 45.5 Å². The third kappa shape index (κ3) is 3.44. The molecule has 26 heavy (non-hydrogen) atoms. The molecule has 2 aromatic rings. The predicted octanol–water partition coefficient (Wildman–Crippen LogP) is 1.14. The molecule has 2 saturated heterocycles. The van der Waals surface area contributed by atoms with Crippen LogP contribution in [-0.4, -0.2) is 70.2 Å². The van der Waals surface area contributed by atoms with Crippen LogP contribution < -0.4 is 9.80 Å². The average Bonchev–Trinajstić information content (AvgIpc) is 3.23. The van der Waals surface area contributed by atoms with Gasteiger partial charge in [-0.3, -0.25) is 9.78 Å². The molecular formula is C18H23N7O. The summed E-state index contributed by atoms with van der Waals surface area (Å²) >= 11 is 0. The molecule has 0 radical (unpaired) electrons. The lowest BCUT2D eigenvalue weighted by Crippen LogP contribution is -2.49. The quantitative estimate of drug-likeness (QED) is 0.819. The Morgan fingerprint density at radius 3 is 2.00 bits per heavy atom. The van der Waals surface area contributed by atoms with Gasteiger partial charge in [-0.25, -0.2) is 4.98 Å². The lowest BCUT2D eigenvalue weighted by molar-refractivity contribution is 0.0740. The molecule has 136 valence electrons. The molecule has 2 aromatic heterocycles. The van der Waals surface area contributed by atoms with E-state index in [0.717, 1.165) is 43.5 Å². The third-order valence-electron chi connectivity index (χ3n) is 4.96. The topological polar surface area (TPSA) is 78.4 Å². The maximum absolute atomic E-state index is 12.5. The molecule has 0 aromatic carbocycles. The first-order valence-electron chi connectivity index (χ1n) is 9.12. The van der Waals surface area contributed by atoms with Crippen LogP contribution in [-0.2, 0) is 0 Å². The molecule has 2 aliphatic heterocycles. The zero-order valence-electron chi connectivity index (χ0n) is 15.0. The van der Waals surface area contributed by atoms with Crippen molar-refractivity contribution >= 4 is 17.5 Å². The smallest absolute Gasteiger partial charge is 0.274 e. The standard InChI is InChI=1S/C18H23N7O/c1-14-12-20-15(13-19-14)18(26)25-10-8-24(9-11-25)17-5-4-16(21-22-17)23-6-2-3-7-23/h4-5,12-13H,2-3,6-11H2,1H3. The van der Waals surface area contributed by atoms with Crippen molar-refractivity contribution in [1.29, 1.82) is 0 Å². The monoisotopic (exact) mass is 353 g/mol. The molecule has 0 spiro atoms. The van der Waals surface area contributed by atoms with Crippen molar-refractivity contribution in [1.82, 2.24) is 25.1 Å². The second-order valence-corrected chi connectivity index (χ2v) is 6.77. The van der Waals surface area contributed by atoms with Gasteiger partial charge in [-0.15, -0.1) is 10.2 Å². The van der Waals surface area contributed by atoms with E-state index in [2.05, 4.69) is 30.0 Å². The molecule has 0 aliphatic carbocycles. The summed E-state index contributed by atoms with van der Waals surface area (Å²) in [6, 6.07) is 4.08. The van der Waals surface area contributed by atoms with Gasteiger partial charge in [0.2, 0.25) is 0 Å². The van der Waals surface area contributed by atoms with Gasteiger partial charge < -0.3 is 14.7 Å². The number of aromatic nitrogens is 4. The van der Waals surface area contributed by atoms with Crippen LogP contribution in [0.2, 0.25) is 0 Å². The lowest BCUT2D eigenvalue weighted by atomic mass is 10.2. The minimum absolute atomic E-state index is 0.0624. The van der Waals surface area contributed by atoms with E-state index in [1.807, 2.05) is 24.0 Å². The van der Waals surface area contributed by atoms with Crippen molar-refractivity contribution in [2.75, 3.05) is 49.1 Å². The third-order valence-corrected chi connectivity index (χ3v) is 4.96. The van der Waals surface area contributed by atoms with Gasteiger partial charge in [-0.2, -0.15) is 0 Å². The van der Waals surface area contributed by atoms with E-state index in [9.17, 15) is 4.79 Å². The molecule has 4 rings (SSSR count). The summed E-state index contributed by atoms with van der Waals surface area (Å²) in [5, 5.41) is 8.77. The molecule has 0 bridgehead atoms. The Labute approximate surface area is 152 Å². The Kier molecular flexibility index (Phi) is 4.64. The van der Waals surface area contributed by atoms with E-state index in [1.54, 1.807) is 12.4 Å². The zero-order chi connectivity index (χ0) is 17.9. The summed E-state index contributed by atoms with van der Waals surface area (Å²) in [5.41, 5.74) is 1.21. The number of carbonyl (C=O) groups is 1. The first kappa shape index (κ1) is 16.7. The van der Waals surface area contributed by atoms with Crippen LogP contribution in [0.4, 0.5) is 11.6 Å². The number of amides is 1. The van der Waals surface area contributed by atoms with Crippen LogP contribution in [0.25, 0.3) is 0 Å². The summed E-state index contributed by atoms with van der Waals surface area (Å²) in [6.45, 7) is 6.75. The maximum atomic E-state index is 12.5. The average molecular weight is 353 g/mol. The molecule has 4 heterocycles. The highest BCUT2D eigenvalue weighted by molar-refractivity contribution is 5.92. The highest BCUT2D eigenvalue weighted by Gasteiger charge is 2.24. The molecule has 0 unspecified atom stereocenters. The minimum Gasteiger partial charge on any atom is -0.355 e. The highest BCUT2D eigenvalue weighted by atomic mass is 16.2. The number of aryl methyl sites for hydroxylation is 1. The van der Waals surface area contributed by atoms with E-state index < -0.39 is 0 Å². The van der Waals surface area contributed by atoms with Crippen molar-refractivity contribution in [3.63, 3.8) is 0 Å². The zero-order valence-corrected chi connectivity index (χ0v) is 15.0. The van der Waals surface area contributed by atoms with E-state index in [-0.39, 0.29) is 5.91 Å². The Bertz CT molecular complexity index is 748. The van der Waals surface area contributed by atoms with E-state index >= 15 is 0 Å². The fraction of sp³-hybridized carbons (Fsp3) is 0.500. The lowest BCUT2D eigenvalue weighted by Gasteiger charge is -2.35. The Balaban J connectivity index is 1.35. The van der Waals surface area contributed by atoms with Gasteiger partial charge in [0.1, 0.15) is 5.69 Å². The molecule has 0 saturated carbocycles. The molecule has 0 N–H and O–H groups in total. The molecule has 1 amide bonds. The second-order valence-electron chi connectivity index (χ2n) is 6.77. The number of carbonyl (C=O) groups excluding carboxylic acids is 1. The summed E-state index contributed by atoms with van der Waals surface area (Å²) in [6.07, 6.45) is 5.63. The van der Waals surface area contributed by atoms with Gasteiger partial charge in [0.25, 0.3) is 5.91 Å². The van der Waals surface area contributed by atoms with Crippen LogP contribution >= 0.6 is 0 Å². The van der Waals surface area contributed by atoms with Crippen LogP contribution in [0.5, 0.6) is 0 Å². The van der Waals surface area contributed by atoms with Gasteiger partial charge in [-0.05, 0) is 31.9 Å². The van der Waals surface area contributed by atoms with Crippen molar-refractivity contribution in [3.8, 4) is 0 Å². The first-order chi connectivity index (χ1) is 12.7. The van der Waals surface area contributed by atoms with E-state index in [4.69, 9.17) is 0 Å². The number of anilines is 2. The largest absolute Gasteiger partial charge is 0.355 e. The molecule has 8 heteroatoms. The fourth-order valence-corrected chi connectivity index (χ4v) is 3.41. The van der Waals surface area contributed by atoms with Crippen molar-refractivity contribution in [2.24, 2.45) is 0 Å². The van der Waals surface area contributed by atoms with Crippen molar-refractivity contribution in [2.45, 2.75) is 19.8 Å². The number of hydrogen-bond acceptors (Lipinski definition) is 7. The SMILES string of the molecule is Cc1cnc(C(=O)N2CCN(c3ccc(N4CCCC4)nn3)CC2)cn1. The number of hydrogen-bond donors (Lipinski definition) is 0. The van der Waals surface area contributed by atoms with Crippen LogP contribution in [0.15, 0.2) is 24.5 Å². The van der Waals surface area contributed by atoms with Gasteiger partial charge in [-0.1, -0.05) is 0 Å². The first-order valence-corrected chi connectivity index (χ1v) is 9.12. The van der Waals surface area contributed by atoms with E-state index in [1.165, 1.54) is 12.8 Å². The van der Waals surface area contributed by atoms with Crippen LogP contribution in [0, 0.1) is 6.92 Å². The van der Waals surface area contributed by atoms with Gasteiger partial charge in [0.05, 0.1) is 11.9 Å². The number of rotatable bonds is 3. The van der Waals surface area contributed by atoms with Crippen molar-refractivity contribution in [3.05, 3.63) is 35.9 Å². The molecule has 8 nitrogen and oxygen atoms in total. The Morgan fingerprint density at radius 1 is 0.846 bits per heavy atom. The molecule has 2 aliphatic rings.